The van der Waals surface area contributed by atoms with E-state index in [-0.39, 0.29) is 11.9 Å². The van der Waals surface area contributed by atoms with Crippen molar-refractivity contribution in [2.45, 2.75) is 37.8 Å². The number of hydrogen-bond donors (Lipinski definition) is 2. The van der Waals surface area contributed by atoms with Crippen LogP contribution in [-0.4, -0.2) is 23.9 Å². The molecule has 2 unspecified atom stereocenters. The summed E-state index contributed by atoms with van der Waals surface area (Å²) in [4.78, 5) is 0. The number of aliphatic hydroxyl groups is 1. The van der Waals surface area contributed by atoms with Gasteiger partial charge in [0.1, 0.15) is 11.6 Å². The van der Waals surface area contributed by atoms with Gasteiger partial charge in [-0.3, -0.25) is 0 Å². The summed E-state index contributed by atoms with van der Waals surface area (Å²) in [6.45, 7) is 1.81. The molecule has 2 atom stereocenters. The average molecular weight is 239 g/mol. The van der Waals surface area contributed by atoms with Crippen molar-refractivity contribution in [3.05, 3.63) is 24.0 Å². The maximum atomic E-state index is 13.3. The first-order valence-corrected chi connectivity index (χ1v) is 5.85. The van der Waals surface area contributed by atoms with Gasteiger partial charge in [-0.25, -0.2) is 4.39 Å². The first kappa shape index (κ1) is 12.2. The molecule has 2 rings (SSSR count). The van der Waals surface area contributed by atoms with Gasteiger partial charge in [0, 0.05) is 17.8 Å². The van der Waals surface area contributed by atoms with Gasteiger partial charge in [-0.1, -0.05) is 0 Å². The molecule has 1 fully saturated rings. The summed E-state index contributed by atoms with van der Waals surface area (Å²) >= 11 is 0. The SMILES string of the molecule is COc1cc(F)cc(NC2CCCC2(C)O)c1. The van der Waals surface area contributed by atoms with Crippen LogP contribution in [0.15, 0.2) is 18.2 Å². The summed E-state index contributed by atoms with van der Waals surface area (Å²) in [7, 11) is 1.50. The van der Waals surface area contributed by atoms with Crippen molar-refractivity contribution in [3.63, 3.8) is 0 Å². The molecule has 17 heavy (non-hydrogen) atoms. The normalized spacial score (nSPS) is 28.1. The van der Waals surface area contributed by atoms with E-state index in [1.54, 1.807) is 6.07 Å². The van der Waals surface area contributed by atoms with E-state index in [1.807, 2.05) is 6.92 Å². The molecule has 1 aromatic carbocycles. The minimum Gasteiger partial charge on any atom is -0.497 e. The van der Waals surface area contributed by atoms with E-state index in [0.717, 1.165) is 19.3 Å². The summed E-state index contributed by atoms with van der Waals surface area (Å²) in [5.74, 6) is 0.134. The summed E-state index contributed by atoms with van der Waals surface area (Å²) in [6, 6.07) is 4.45. The van der Waals surface area contributed by atoms with Crippen molar-refractivity contribution in [1.29, 1.82) is 0 Å². The van der Waals surface area contributed by atoms with Crippen LogP contribution in [0.25, 0.3) is 0 Å². The molecule has 3 nitrogen and oxygen atoms in total. The Labute approximate surface area is 101 Å². The average Bonchev–Trinajstić information content (AvgIpc) is 2.57. The molecule has 0 saturated heterocycles. The summed E-state index contributed by atoms with van der Waals surface area (Å²) in [6.07, 6.45) is 2.65. The maximum absolute atomic E-state index is 13.3. The van der Waals surface area contributed by atoms with Crippen molar-refractivity contribution in [1.82, 2.24) is 0 Å². The van der Waals surface area contributed by atoms with Crippen LogP contribution >= 0.6 is 0 Å². The Kier molecular flexibility index (Phi) is 3.24. The van der Waals surface area contributed by atoms with E-state index in [2.05, 4.69) is 5.32 Å². The Morgan fingerprint density at radius 3 is 2.82 bits per heavy atom. The standard InChI is InChI=1S/C13H18FNO2/c1-13(16)5-3-4-12(13)15-10-6-9(14)7-11(8-10)17-2/h6-8,12,15-16H,3-5H2,1-2H3. The lowest BCUT2D eigenvalue weighted by Crippen LogP contribution is -2.39. The lowest BCUT2D eigenvalue weighted by molar-refractivity contribution is 0.0578. The Balaban J connectivity index is 2.15. The number of anilines is 1. The fraction of sp³-hybridized carbons (Fsp3) is 0.538. The molecule has 0 aliphatic heterocycles. The van der Waals surface area contributed by atoms with Crippen LogP contribution in [0.5, 0.6) is 5.75 Å². The van der Waals surface area contributed by atoms with Gasteiger partial charge in [-0.15, -0.1) is 0 Å². The van der Waals surface area contributed by atoms with Crippen LogP contribution in [0.1, 0.15) is 26.2 Å². The van der Waals surface area contributed by atoms with E-state index < -0.39 is 5.60 Å². The smallest absolute Gasteiger partial charge is 0.128 e. The van der Waals surface area contributed by atoms with Crippen LogP contribution in [0.4, 0.5) is 10.1 Å². The van der Waals surface area contributed by atoms with Gasteiger partial charge < -0.3 is 15.2 Å². The van der Waals surface area contributed by atoms with Gasteiger partial charge in [-0.2, -0.15) is 0 Å². The van der Waals surface area contributed by atoms with Crippen LogP contribution in [0.3, 0.4) is 0 Å². The van der Waals surface area contributed by atoms with Crippen LogP contribution in [0.2, 0.25) is 0 Å². The fourth-order valence-electron chi connectivity index (χ4n) is 2.34. The minimum atomic E-state index is -0.723. The van der Waals surface area contributed by atoms with E-state index in [0.29, 0.717) is 11.4 Å². The van der Waals surface area contributed by atoms with E-state index in [1.165, 1.54) is 19.2 Å². The molecule has 0 aromatic heterocycles. The Morgan fingerprint density at radius 2 is 2.24 bits per heavy atom. The lowest BCUT2D eigenvalue weighted by atomic mass is 10.0. The van der Waals surface area contributed by atoms with Crippen molar-refractivity contribution < 1.29 is 14.2 Å². The minimum absolute atomic E-state index is 0.0333. The molecular formula is C13H18FNO2. The summed E-state index contributed by atoms with van der Waals surface area (Å²) in [5, 5.41) is 13.3. The van der Waals surface area contributed by atoms with E-state index in [9.17, 15) is 9.50 Å². The first-order valence-electron chi connectivity index (χ1n) is 5.85. The van der Waals surface area contributed by atoms with Crippen molar-refractivity contribution in [2.75, 3.05) is 12.4 Å². The van der Waals surface area contributed by atoms with Gasteiger partial charge in [0.05, 0.1) is 18.8 Å². The summed E-state index contributed by atoms with van der Waals surface area (Å²) < 4.78 is 18.3. The number of methoxy groups -OCH3 is 1. The van der Waals surface area contributed by atoms with Crippen LogP contribution < -0.4 is 10.1 Å². The molecule has 2 N–H and O–H groups in total. The van der Waals surface area contributed by atoms with Gasteiger partial charge in [0.25, 0.3) is 0 Å². The highest BCUT2D eigenvalue weighted by Crippen LogP contribution is 2.32. The van der Waals surface area contributed by atoms with Crippen LogP contribution in [-0.2, 0) is 0 Å². The van der Waals surface area contributed by atoms with Gasteiger partial charge in [0.2, 0.25) is 0 Å². The fourth-order valence-corrected chi connectivity index (χ4v) is 2.34. The van der Waals surface area contributed by atoms with E-state index >= 15 is 0 Å². The molecule has 0 spiro atoms. The molecule has 4 heteroatoms. The molecule has 1 aliphatic carbocycles. The monoisotopic (exact) mass is 239 g/mol. The Morgan fingerprint density at radius 1 is 1.47 bits per heavy atom. The highest BCUT2D eigenvalue weighted by atomic mass is 19.1. The molecular weight excluding hydrogens is 221 g/mol. The third-order valence-electron chi connectivity index (χ3n) is 3.37. The van der Waals surface area contributed by atoms with Crippen molar-refractivity contribution in [3.8, 4) is 5.75 Å². The maximum Gasteiger partial charge on any atom is 0.128 e. The van der Waals surface area contributed by atoms with Gasteiger partial charge in [-0.05, 0) is 32.3 Å². The molecule has 1 saturated carbocycles. The number of nitrogens with one attached hydrogen (secondary N) is 1. The zero-order chi connectivity index (χ0) is 12.5. The topological polar surface area (TPSA) is 41.5 Å². The first-order chi connectivity index (χ1) is 8.01. The second-order valence-electron chi connectivity index (χ2n) is 4.83. The summed E-state index contributed by atoms with van der Waals surface area (Å²) in [5.41, 5.74) is -0.0754. The highest BCUT2D eigenvalue weighted by molar-refractivity contribution is 5.50. The number of ether oxygens (including phenoxy) is 1. The molecule has 94 valence electrons. The third kappa shape index (κ3) is 2.69. The van der Waals surface area contributed by atoms with Crippen molar-refractivity contribution >= 4 is 5.69 Å². The number of hydrogen-bond acceptors (Lipinski definition) is 3. The molecule has 1 aromatic rings. The Bertz CT molecular complexity index is 406. The molecule has 0 radical (unpaired) electrons. The quantitative estimate of drug-likeness (QED) is 0.851. The predicted molar refractivity (Wildman–Crippen MR) is 64.8 cm³/mol. The molecule has 0 bridgehead atoms. The van der Waals surface area contributed by atoms with Gasteiger partial charge >= 0.3 is 0 Å². The second-order valence-corrected chi connectivity index (χ2v) is 4.83. The van der Waals surface area contributed by atoms with Gasteiger partial charge in [0.15, 0.2) is 0 Å². The van der Waals surface area contributed by atoms with Crippen molar-refractivity contribution in [2.24, 2.45) is 0 Å². The molecule has 1 aliphatic rings. The third-order valence-corrected chi connectivity index (χ3v) is 3.37. The number of rotatable bonds is 3. The molecule has 0 amide bonds. The zero-order valence-electron chi connectivity index (χ0n) is 10.2. The highest BCUT2D eigenvalue weighted by Gasteiger charge is 2.36. The number of benzene rings is 1. The Hall–Kier alpha value is -1.29. The lowest BCUT2D eigenvalue weighted by Gasteiger charge is -2.27. The second kappa shape index (κ2) is 4.53. The van der Waals surface area contributed by atoms with Crippen LogP contribution in [0, 0.1) is 5.82 Å². The largest absolute Gasteiger partial charge is 0.497 e. The number of halogens is 1. The molecule has 0 heterocycles. The predicted octanol–water partition coefficient (Wildman–Crippen LogP) is 2.55. The van der Waals surface area contributed by atoms with E-state index in [4.69, 9.17) is 4.74 Å². The zero-order valence-corrected chi connectivity index (χ0v) is 10.2.